The van der Waals surface area contributed by atoms with Crippen LogP contribution < -0.4 is 0 Å². The number of carbonyl (C=O) groups is 2. The molecule has 0 aromatic heterocycles. The maximum Gasteiger partial charge on any atom is 0.306 e. The molecule has 12 nitrogen and oxygen atoms in total. The normalized spacial score (nSPS) is 20.9. The third kappa shape index (κ3) is 30.7. The SMILES string of the molecule is CC/C=C\C/C=C\C/C=C\C/C=C\C/C=C\CCCCCC(=O)OC(COC(=O)CCCCCCC/C=C\CCCCC)COC1OC(CS(=O)(=O)O)C(O)C(O)C1O. The van der Waals surface area contributed by atoms with Crippen LogP contribution in [0.4, 0.5) is 0 Å². The monoisotopic (exact) mass is 853 g/mol. The highest BCUT2D eigenvalue weighted by molar-refractivity contribution is 7.85. The molecule has 59 heavy (non-hydrogen) atoms. The van der Waals surface area contributed by atoms with E-state index in [0.29, 0.717) is 12.8 Å². The fraction of sp³-hybridized carbons (Fsp3) is 0.696. The van der Waals surface area contributed by atoms with Crippen LogP contribution in [-0.4, -0.2) is 96.0 Å². The molecule has 1 aliphatic rings. The minimum absolute atomic E-state index is 0.120. The van der Waals surface area contributed by atoms with Gasteiger partial charge in [0.25, 0.3) is 10.1 Å². The lowest BCUT2D eigenvalue weighted by Gasteiger charge is -2.40. The van der Waals surface area contributed by atoms with E-state index in [4.69, 9.17) is 18.9 Å². The number of rotatable bonds is 35. The topological polar surface area (TPSA) is 186 Å². The number of ether oxygens (including phenoxy) is 4. The Balaban J connectivity index is 2.50. The second kappa shape index (κ2) is 35.8. The van der Waals surface area contributed by atoms with Gasteiger partial charge in [-0.05, 0) is 83.5 Å². The molecule has 0 saturated carbocycles. The van der Waals surface area contributed by atoms with Crippen LogP contribution in [0.3, 0.4) is 0 Å². The molecule has 0 aliphatic carbocycles. The lowest BCUT2D eigenvalue weighted by molar-refractivity contribution is -0.297. The second-order valence-corrected chi connectivity index (χ2v) is 16.5. The standard InChI is InChI=1S/C46H76O12S/c1-3-5-7-9-11-13-15-17-18-19-20-21-22-23-25-27-29-31-33-35-42(48)57-39(37-56-46-45(51)44(50)43(49)40(58-46)38-59(52,53)54)36-55-41(47)34-32-30-28-26-24-16-14-12-10-8-6-4-2/h5,7,11-14,17-18,20-21,23,25,39-40,43-46,49-51H,3-4,6,8-10,15-16,19,22,24,26-38H2,1-2H3,(H,52,53,54)/b7-5-,13-11-,14-12-,18-17-,21-20-,25-23-. The summed E-state index contributed by atoms with van der Waals surface area (Å²) in [7, 11) is -4.61. The van der Waals surface area contributed by atoms with Crippen LogP contribution in [0.5, 0.6) is 0 Å². The van der Waals surface area contributed by atoms with E-state index in [-0.39, 0.29) is 19.4 Å². The van der Waals surface area contributed by atoms with Crippen LogP contribution in [0.15, 0.2) is 72.9 Å². The Kier molecular flexibility index (Phi) is 32.8. The highest BCUT2D eigenvalue weighted by atomic mass is 32.2. The molecule has 338 valence electrons. The third-order valence-corrected chi connectivity index (χ3v) is 10.3. The van der Waals surface area contributed by atoms with Crippen LogP contribution in [0, 0.1) is 0 Å². The Morgan fingerprint density at radius 1 is 0.593 bits per heavy atom. The fourth-order valence-electron chi connectivity index (χ4n) is 6.11. The number of hydrogen-bond donors (Lipinski definition) is 4. The van der Waals surface area contributed by atoms with Crippen molar-refractivity contribution in [3.63, 3.8) is 0 Å². The van der Waals surface area contributed by atoms with E-state index >= 15 is 0 Å². The second-order valence-electron chi connectivity index (χ2n) is 15.0. The first-order chi connectivity index (χ1) is 28.5. The van der Waals surface area contributed by atoms with Gasteiger partial charge in [0.2, 0.25) is 0 Å². The predicted octanol–water partition coefficient (Wildman–Crippen LogP) is 8.72. The summed E-state index contributed by atoms with van der Waals surface area (Å²) in [6, 6.07) is 0. The lowest BCUT2D eigenvalue weighted by Crippen LogP contribution is -2.60. The fourth-order valence-corrected chi connectivity index (χ4v) is 6.80. The van der Waals surface area contributed by atoms with Crippen LogP contribution in [0.25, 0.3) is 0 Å². The summed E-state index contributed by atoms with van der Waals surface area (Å²) >= 11 is 0. The minimum Gasteiger partial charge on any atom is -0.462 e. The molecule has 6 atom stereocenters. The number of aliphatic hydroxyl groups excluding tert-OH is 3. The first-order valence-electron chi connectivity index (χ1n) is 22.0. The Labute approximate surface area is 355 Å². The molecule has 4 N–H and O–H groups in total. The van der Waals surface area contributed by atoms with E-state index < -0.39 is 71.2 Å². The molecule has 1 saturated heterocycles. The van der Waals surface area contributed by atoms with Gasteiger partial charge in [0.15, 0.2) is 12.4 Å². The zero-order valence-electron chi connectivity index (χ0n) is 35.8. The van der Waals surface area contributed by atoms with Crippen molar-refractivity contribution in [3.05, 3.63) is 72.9 Å². The highest BCUT2D eigenvalue weighted by Gasteiger charge is 2.46. The van der Waals surface area contributed by atoms with E-state index in [1.54, 1.807) is 0 Å². The smallest absolute Gasteiger partial charge is 0.306 e. The number of unbranched alkanes of at least 4 members (excludes halogenated alkanes) is 11. The predicted molar refractivity (Wildman–Crippen MR) is 233 cm³/mol. The van der Waals surface area contributed by atoms with E-state index in [1.165, 1.54) is 19.3 Å². The molecule has 6 unspecified atom stereocenters. The van der Waals surface area contributed by atoms with Crippen molar-refractivity contribution in [3.8, 4) is 0 Å². The van der Waals surface area contributed by atoms with E-state index in [0.717, 1.165) is 89.9 Å². The van der Waals surface area contributed by atoms with Gasteiger partial charge in [-0.25, -0.2) is 0 Å². The largest absolute Gasteiger partial charge is 0.462 e. The first-order valence-corrected chi connectivity index (χ1v) is 23.6. The van der Waals surface area contributed by atoms with Crippen molar-refractivity contribution in [2.75, 3.05) is 19.0 Å². The molecular formula is C46H76O12S. The quantitative estimate of drug-likeness (QED) is 0.0206. The molecule has 0 bridgehead atoms. The molecule has 13 heteroatoms. The molecule has 1 rings (SSSR count). The molecule has 1 fully saturated rings. The Morgan fingerprint density at radius 2 is 1.07 bits per heavy atom. The summed E-state index contributed by atoms with van der Waals surface area (Å²) in [5.74, 6) is -2.05. The van der Waals surface area contributed by atoms with Gasteiger partial charge < -0.3 is 34.3 Å². The van der Waals surface area contributed by atoms with Crippen molar-refractivity contribution in [2.45, 2.75) is 185 Å². The molecular weight excluding hydrogens is 777 g/mol. The van der Waals surface area contributed by atoms with Crippen LogP contribution in [-0.2, 0) is 38.7 Å². The van der Waals surface area contributed by atoms with Gasteiger partial charge in [-0.2, -0.15) is 8.42 Å². The van der Waals surface area contributed by atoms with Crippen LogP contribution >= 0.6 is 0 Å². The van der Waals surface area contributed by atoms with E-state index in [9.17, 15) is 37.9 Å². The number of aliphatic hydroxyl groups is 3. The summed E-state index contributed by atoms with van der Waals surface area (Å²) in [6.45, 7) is 3.56. The summed E-state index contributed by atoms with van der Waals surface area (Å²) in [6.07, 6.45) is 35.2. The van der Waals surface area contributed by atoms with Crippen molar-refractivity contribution in [1.82, 2.24) is 0 Å². The molecule has 0 radical (unpaired) electrons. The molecule has 0 aromatic rings. The number of carbonyl (C=O) groups excluding carboxylic acids is 2. The van der Waals surface area contributed by atoms with Gasteiger partial charge in [0.05, 0.1) is 6.61 Å². The molecule has 1 heterocycles. The van der Waals surface area contributed by atoms with Gasteiger partial charge in [-0.3, -0.25) is 14.1 Å². The Hall–Kier alpha value is -2.91. The van der Waals surface area contributed by atoms with E-state index in [2.05, 4.69) is 86.8 Å². The average Bonchev–Trinajstić information content (AvgIpc) is 3.20. The van der Waals surface area contributed by atoms with Gasteiger partial charge in [0.1, 0.15) is 36.8 Å². The molecule has 0 amide bonds. The Morgan fingerprint density at radius 3 is 1.63 bits per heavy atom. The van der Waals surface area contributed by atoms with Gasteiger partial charge in [-0.15, -0.1) is 0 Å². The Bertz CT molecular complexity index is 1370. The summed E-state index contributed by atoms with van der Waals surface area (Å²) in [4.78, 5) is 25.3. The molecule has 1 aliphatic heterocycles. The van der Waals surface area contributed by atoms with Crippen LogP contribution in [0.2, 0.25) is 0 Å². The van der Waals surface area contributed by atoms with Gasteiger partial charge in [0, 0.05) is 12.8 Å². The zero-order valence-corrected chi connectivity index (χ0v) is 36.6. The maximum atomic E-state index is 12.8. The van der Waals surface area contributed by atoms with Gasteiger partial charge in [-0.1, -0.05) is 125 Å². The highest BCUT2D eigenvalue weighted by Crippen LogP contribution is 2.24. The van der Waals surface area contributed by atoms with Crippen molar-refractivity contribution >= 4 is 22.1 Å². The average molecular weight is 853 g/mol. The first kappa shape index (κ1) is 54.1. The molecule has 0 spiro atoms. The van der Waals surface area contributed by atoms with E-state index in [1.807, 2.05) is 0 Å². The summed E-state index contributed by atoms with van der Waals surface area (Å²) in [5.41, 5.74) is 0. The van der Waals surface area contributed by atoms with Gasteiger partial charge >= 0.3 is 11.9 Å². The van der Waals surface area contributed by atoms with Crippen molar-refractivity contribution in [2.24, 2.45) is 0 Å². The minimum atomic E-state index is -4.61. The lowest BCUT2D eigenvalue weighted by atomic mass is 10.00. The maximum absolute atomic E-state index is 12.8. The number of hydrogen-bond acceptors (Lipinski definition) is 11. The van der Waals surface area contributed by atoms with Crippen molar-refractivity contribution in [1.29, 1.82) is 0 Å². The van der Waals surface area contributed by atoms with Crippen molar-refractivity contribution < 1.29 is 56.8 Å². The summed E-state index contributed by atoms with van der Waals surface area (Å²) < 4.78 is 54.0. The number of allylic oxidation sites excluding steroid dienone is 12. The summed E-state index contributed by atoms with van der Waals surface area (Å²) in [5, 5.41) is 30.8. The number of esters is 2. The van der Waals surface area contributed by atoms with Crippen LogP contribution in [0.1, 0.15) is 149 Å². The zero-order chi connectivity index (χ0) is 43.4. The third-order valence-electron chi connectivity index (χ3n) is 9.52. The molecule has 0 aromatic carbocycles.